The van der Waals surface area contributed by atoms with Crippen molar-refractivity contribution in [2.45, 2.75) is 13.1 Å². The Kier molecular flexibility index (Phi) is 5.91. The van der Waals surface area contributed by atoms with Crippen molar-refractivity contribution in [3.63, 3.8) is 0 Å². The molecule has 0 spiro atoms. The number of halogens is 3. The molecule has 1 saturated heterocycles. The molecule has 5 nitrogen and oxygen atoms in total. The van der Waals surface area contributed by atoms with Gasteiger partial charge < -0.3 is 20.9 Å². The zero-order chi connectivity index (χ0) is 23.7. The maximum Gasteiger partial charge on any atom is 0.417 e. The van der Waals surface area contributed by atoms with E-state index in [1.54, 1.807) is 12.1 Å². The van der Waals surface area contributed by atoms with E-state index in [0.29, 0.717) is 18.1 Å². The quantitative estimate of drug-likeness (QED) is 0.479. The van der Waals surface area contributed by atoms with Gasteiger partial charge in [0.1, 0.15) is 5.82 Å². The predicted octanol–water partition coefficient (Wildman–Crippen LogP) is 5.45. The highest BCUT2D eigenvalue weighted by Gasteiger charge is 2.34. The van der Waals surface area contributed by atoms with Gasteiger partial charge in [-0.3, -0.25) is 0 Å². The van der Waals surface area contributed by atoms with Gasteiger partial charge in [-0.15, -0.1) is 0 Å². The van der Waals surface area contributed by atoms with Crippen molar-refractivity contribution in [2.75, 3.05) is 48.3 Å². The van der Waals surface area contributed by atoms with Gasteiger partial charge in [-0.1, -0.05) is 36.4 Å². The lowest BCUT2D eigenvalue weighted by molar-refractivity contribution is -0.137. The van der Waals surface area contributed by atoms with Crippen LogP contribution in [0.15, 0.2) is 66.2 Å². The molecule has 2 aliphatic heterocycles. The lowest BCUT2D eigenvalue weighted by atomic mass is 10.0. The zero-order valence-corrected chi connectivity index (χ0v) is 18.8. The van der Waals surface area contributed by atoms with Crippen molar-refractivity contribution in [2.24, 2.45) is 0 Å². The zero-order valence-electron chi connectivity index (χ0n) is 18.8. The van der Waals surface area contributed by atoms with Gasteiger partial charge in [0.2, 0.25) is 0 Å². The van der Waals surface area contributed by atoms with Gasteiger partial charge in [-0.25, -0.2) is 4.98 Å². The highest BCUT2D eigenvalue weighted by atomic mass is 19.4. The third-order valence-corrected chi connectivity index (χ3v) is 6.22. The largest absolute Gasteiger partial charge is 0.417 e. The van der Waals surface area contributed by atoms with E-state index >= 15 is 0 Å². The third-order valence-electron chi connectivity index (χ3n) is 6.22. The summed E-state index contributed by atoms with van der Waals surface area (Å²) < 4.78 is 41.4. The molecule has 0 atom stereocenters. The van der Waals surface area contributed by atoms with Crippen LogP contribution in [0.5, 0.6) is 0 Å². The Bertz CT molecular complexity index is 1230. The molecule has 0 saturated carbocycles. The van der Waals surface area contributed by atoms with E-state index in [1.807, 2.05) is 37.3 Å². The van der Waals surface area contributed by atoms with Gasteiger partial charge in [0.05, 0.1) is 11.3 Å². The van der Waals surface area contributed by atoms with Crippen LogP contribution in [-0.2, 0) is 6.18 Å². The first kappa shape index (κ1) is 22.3. The number of fused-ring (bicyclic) bond motifs is 1. The lowest BCUT2D eigenvalue weighted by Gasteiger charge is -2.30. The van der Waals surface area contributed by atoms with Crippen molar-refractivity contribution in [3.05, 3.63) is 77.4 Å². The Morgan fingerprint density at radius 1 is 0.941 bits per heavy atom. The summed E-state index contributed by atoms with van der Waals surface area (Å²) in [6.07, 6.45) is -4.47. The highest BCUT2D eigenvalue weighted by molar-refractivity contribution is 5.88. The molecule has 0 unspecified atom stereocenters. The molecule has 176 valence electrons. The number of alkyl halides is 3. The summed E-state index contributed by atoms with van der Waals surface area (Å²) in [6, 6.07) is 17.3. The number of nitrogens with zero attached hydrogens (tertiary/aromatic N) is 2. The maximum absolute atomic E-state index is 13.8. The number of para-hydroxylation sites is 1. The Hall–Kier alpha value is -3.52. The Morgan fingerprint density at radius 3 is 2.41 bits per heavy atom. The molecule has 5 rings (SSSR count). The molecule has 0 radical (unpaired) electrons. The molecular formula is C26H26F3N5. The molecule has 3 heterocycles. The molecule has 0 aliphatic carbocycles. The summed E-state index contributed by atoms with van der Waals surface area (Å²) in [5, 5.41) is 10.2. The summed E-state index contributed by atoms with van der Waals surface area (Å²) in [5.41, 5.74) is 4.59. The molecular weight excluding hydrogens is 439 g/mol. The second kappa shape index (κ2) is 9.02. The van der Waals surface area contributed by atoms with Crippen LogP contribution in [0.3, 0.4) is 0 Å². The first-order chi connectivity index (χ1) is 16.4. The average Bonchev–Trinajstić information content (AvgIpc) is 2.86. The van der Waals surface area contributed by atoms with E-state index in [-0.39, 0.29) is 5.56 Å². The van der Waals surface area contributed by atoms with Gasteiger partial charge >= 0.3 is 6.18 Å². The van der Waals surface area contributed by atoms with Crippen LogP contribution in [-0.4, -0.2) is 37.7 Å². The molecule has 2 aliphatic rings. The molecule has 1 aromatic heterocycles. The summed E-state index contributed by atoms with van der Waals surface area (Å²) in [7, 11) is 0. The van der Waals surface area contributed by atoms with E-state index in [0.717, 1.165) is 60.5 Å². The molecule has 0 amide bonds. The number of piperazine rings is 1. The summed E-state index contributed by atoms with van der Waals surface area (Å²) in [6.45, 7) is 5.91. The fourth-order valence-electron chi connectivity index (χ4n) is 4.48. The minimum Gasteiger partial charge on any atom is -0.381 e. The number of anilines is 3. The van der Waals surface area contributed by atoms with Gasteiger partial charge in [-0.2, -0.15) is 13.2 Å². The maximum atomic E-state index is 13.8. The van der Waals surface area contributed by atoms with Crippen molar-refractivity contribution < 1.29 is 13.2 Å². The van der Waals surface area contributed by atoms with Crippen molar-refractivity contribution >= 4 is 22.9 Å². The first-order valence-corrected chi connectivity index (χ1v) is 11.3. The molecule has 3 aromatic rings. The van der Waals surface area contributed by atoms with Gasteiger partial charge in [0.15, 0.2) is 0 Å². The van der Waals surface area contributed by atoms with Crippen LogP contribution < -0.4 is 20.9 Å². The number of hydrogen-bond acceptors (Lipinski definition) is 5. The first-order valence-electron chi connectivity index (χ1n) is 11.3. The van der Waals surface area contributed by atoms with Crippen LogP contribution in [0.25, 0.3) is 17.0 Å². The fourth-order valence-corrected chi connectivity index (χ4v) is 4.48. The normalized spacial score (nSPS) is 16.2. The second-order valence-electron chi connectivity index (χ2n) is 8.56. The highest BCUT2D eigenvalue weighted by Crippen LogP contribution is 2.39. The summed E-state index contributed by atoms with van der Waals surface area (Å²) in [5.74, 6) is 0.522. The molecule has 8 heteroatoms. The van der Waals surface area contributed by atoms with Gasteiger partial charge in [0, 0.05) is 67.0 Å². The standard InChI is InChI=1S/C26H26F3N5/c1-17-16-31-22-9-5-3-7-20(22)25(17)33-24-15-18(34-12-10-30-11-13-34)14-23(32-24)19-6-2-4-8-21(19)26(27,28)29/h2-9,14-15,30-31H,10-13,16H2,1H3,(H,32,33). The number of rotatable bonds is 4. The van der Waals surface area contributed by atoms with Crippen LogP contribution in [0.4, 0.5) is 30.4 Å². The Labute approximate surface area is 196 Å². The van der Waals surface area contributed by atoms with Crippen molar-refractivity contribution in [3.8, 4) is 11.3 Å². The summed E-state index contributed by atoms with van der Waals surface area (Å²) >= 11 is 0. The minimum absolute atomic E-state index is 0.0754. The van der Waals surface area contributed by atoms with E-state index in [2.05, 4.69) is 25.8 Å². The van der Waals surface area contributed by atoms with E-state index in [1.165, 1.54) is 12.1 Å². The number of benzene rings is 2. The molecule has 34 heavy (non-hydrogen) atoms. The number of nitrogens with one attached hydrogen (secondary N) is 3. The monoisotopic (exact) mass is 465 g/mol. The number of aromatic nitrogens is 1. The van der Waals surface area contributed by atoms with Crippen LogP contribution in [0.2, 0.25) is 0 Å². The minimum atomic E-state index is -4.47. The third kappa shape index (κ3) is 4.46. The SMILES string of the molecule is CC1=C(Nc2cc(N3CCNCC3)cc(-c3ccccc3C(F)(F)F)n2)c2ccccc2NC1. The number of pyridine rings is 1. The summed E-state index contributed by atoms with van der Waals surface area (Å²) in [4.78, 5) is 6.85. The molecule has 2 aromatic carbocycles. The van der Waals surface area contributed by atoms with E-state index in [4.69, 9.17) is 0 Å². The molecule has 1 fully saturated rings. The predicted molar refractivity (Wildman–Crippen MR) is 131 cm³/mol. The van der Waals surface area contributed by atoms with E-state index in [9.17, 15) is 13.2 Å². The van der Waals surface area contributed by atoms with Gasteiger partial charge in [0.25, 0.3) is 0 Å². The smallest absolute Gasteiger partial charge is 0.381 e. The lowest BCUT2D eigenvalue weighted by Crippen LogP contribution is -2.43. The fraction of sp³-hybridized carbons (Fsp3) is 0.269. The van der Waals surface area contributed by atoms with E-state index < -0.39 is 11.7 Å². The Balaban J connectivity index is 1.61. The van der Waals surface area contributed by atoms with Crippen molar-refractivity contribution in [1.29, 1.82) is 0 Å². The number of hydrogen-bond donors (Lipinski definition) is 3. The van der Waals surface area contributed by atoms with Crippen molar-refractivity contribution in [1.82, 2.24) is 10.3 Å². The Morgan fingerprint density at radius 2 is 1.65 bits per heavy atom. The average molecular weight is 466 g/mol. The molecule has 3 N–H and O–H groups in total. The van der Waals surface area contributed by atoms with Gasteiger partial charge in [-0.05, 0) is 30.7 Å². The van der Waals surface area contributed by atoms with Crippen LogP contribution in [0.1, 0.15) is 18.1 Å². The van der Waals surface area contributed by atoms with Crippen LogP contribution >= 0.6 is 0 Å². The topological polar surface area (TPSA) is 52.2 Å². The second-order valence-corrected chi connectivity index (χ2v) is 8.56. The van der Waals surface area contributed by atoms with Crippen LogP contribution in [0, 0.1) is 0 Å². The molecule has 0 bridgehead atoms.